The quantitative estimate of drug-likeness (QED) is 0.0881. The molecular formula is C51H51FN10O7. The summed E-state index contributed by atoms with van der Waals surface area (Å²) < 4.78 is 19.6. The number of carbonyl (C=O) groups is 6. The van der Waals surface area contributed by atoms with Gasteiger partial charge in [-0.05, 0) is 129 Å². The molecule has 1 saturated carbocycles. The highest BCUT2D eigenvalue weighted by Gasteiger charge is 2.56. The molecule has 1 aliphatic carbocycles. The molecule has 17 nitrogen and oxygen atoms in total. The molecule has 2 bridgehead atoms. The van der Waals surface area contributed by atoms with Crippen LogP contribution < -0.4 is 30.9 Å². The number of piperazine rings is 1. The van der Waals surface area contributed by atoms with Gasteiger partial charge in [0, 0.05) is 92.6 Å². The largest absolute Gasteiger partial charge is 0.457 e. The zero-order valence-electron chi connectivity index (χ0n) is 37.8. The Kier molecular flexibility index (Phi) is 11.5. The molecule has 12 rings (SSSR count). The maximum atomic E-state index is 13.3. The number of amides is 6. The summed E-state index contributed by atoms with van der Waals surface area (Å²) in [5.74, 6) is -0.268. The molecule has 8 heterocycles. The molecule has 6 fully saturated rings. The summed E-state index contributed by atoms with van der Waals surface area (Å²) in [5.41, 5.74) is 2.85. The maximum Gasteiger partial charge on any atom is 0.256 e. The lowest BCUT2D eigenvalue weighted by molar-refractivity contribution is -0.137. The topological polar surface area (TPSA) is 199 Å². The van der Waals surface area contributed by atoms with Crippen molar-refractivity contribution in [3.63, 3.8) is 0 Å². The first kappa shape index (κ1) is 44.2. The first-order valence-corrected chi connectivity index (χ1v) is 23.7. The van der Waals surface area contributed by atoms with Gasteiger partial charge in [0.05, 0.1) is 17.6 Å². The van der Waals surface area contributed by atoms with E-state index in [2.05, 4.69) is 64.1 Å². The molecule has 4 N–H and O–H groups in total. The van der Waals surface area contributed by atoms with Gasteiger partial charge in [0.2, 0.25) is 29.5 Å². The molecule has 0 radical (unpaired) electrons. The maximum absolute atomic E-state index is 13.3. The van der Waals surface area contributed by atoms with E-state index in [1.54, 1.807) is 36.5 Å². The fraction of sp³-hybridized carbons (Fsp3) is 0.373. The lowest BCUT2D eigenvalue weighted by Crippen LogP contribution is -2.69. The Morgan fingerprint density at radius 3 is 2.23 bits per heavy atom. The number of hydrogen-bond acceptors (Lipinski definition) is 12. The summed E-state index contributed by atoms with van der Waals surface area (Å²) in [6.07, 6.45) is 7.83. The number of nitrogens with one attached hydrogen (secondary N) is 4. The molecule has 6 aliphatic heterocycles. The van der Waals surface area contributed by atoms with Gasteiger partial charge in [-0.25, -0.2) is 9.37 Å². The minimum atomic E-state index is -1.16. The molecule has 2 aromatic heterocycles. The normalized spacial score (nSPS) is 22.1. The Balaban J connectivity index is 0.626. The van der Waals surface area contributed by atoms with E-state index in [0.717, 1.165) is 68.6 Å². The molecule has 3 aromatic carbocycles. The first-order chi connectivity index (χ1) is 33.4. The third kappa shape index (κ3) is 8.97. The van der Waals surface area contributed by atoms with Crippen LogP contribution in [0.3, 0.4) is 0 Å². The van der Waals surface area contributed by atoms with Gasteiger partial charge in [-0.2, -0.15) is 0 Å². The van der Waals surface area contributed by atoms with Crippen LogP contribution in [0.2, 0.25) is 0 Å². The fourth-order valence-electron chi connectivity index (χ4n) is 10.6. The van der Waals surface area contributed by atoms with Gasteiger partial charge in [0.25, 0.3) is 5.91 Å². The molecule has 5 aromatic rings. The lowest BCUT2D eigenvalue weighted by atomic mass is 9.84. The predicted octanol–water partition coefficient (Wildman–Crippen LogP) is 5.29. The lowest BCUT2D eigenvalue weighted by Gasteiger charge is -2.57. The number of piperidine rings is 3. The molecule has 354 valence electrons. The summed E-state index contributed by atoms with van der Waals surface area (Å²) in [4.78, 5) is 94.2. The van der Waals surface area contributed by atoms with Crippen molar-refractivity contribution >= 4 is 69.2 Å². The number of halogens is 1. The zero-order chi connectivity index (χ0) is 47.4. The van der Waals surface area contributed by atoms with Crippen molar-refractivity contribution in [2.45, 2.75) is 69.6 Å². The van der Waals surface area contributed by atoms with Crippen molar-refractivity contribution < 1.29 is 37.9 Å². The first-order valence-electron chi connectivity index (χ1n) is 23.7. The molecule has 3 unspecified atom stereocenters. The van der Waals surface area contributed by atoms with Gasteiger partial charge in [-0.1, -0.05) is 0 Å². The van der Waals surface area contributed by atoms with E-state index in [4.69, 9.17) is 4.74 Å². The smallest absolute Gasteiger partial charge is 0.256 e. The average molecular weight is 935 g/mol. The Hall–Kier alpha value is -7.31. The average Bonchev–Trinajstić information content (AvgIpc) is 4.11. The summed E-state index contributed by atoms with van der Waals surface area (Å²) in [7, 11) is 0. The Morgan fingerprint density at radius 2 is 1.54 bits per heavy atom. The Labute approximate surface area is 396 Å². The number of nitrogens with zero attached hydrogens (tertiary/aromatic N) is 6. The van der Waals surface area contributed by atoms with Crippen molar-refractivity contribution in [3.8, 4) is 11.5 Å². The fourth-order valence-corrected chi connectivity index (χ4v) is 10.6. The van der Waals surface area contributed by atoms with Crippen LogP contribution in [0.25, 0.3) is 10.9 Å². The van der Waals surface area contributed by atoms with Crippen molar-refractivity contribution in [1.29, 1.82) is 0 Å². The van der Waals surface area contributed by atoms with Crippen LogP contribution in [0.5, 0.6) is 11.5 Å². The Bertz CT molecular complexity index is 2870. The van der Waals surface area contributed by atoms with Gasteiger partial charge in [0.1, 0.15) is 34.6 Å². The molecule has 18 heteroatoms. The van der Waals surface area contributed by atoms with Crippen LogP contribution in [0.15, 0.2) is 91.3 Å². The third-order valence-electron chi connectivity index (χ3n) is 14.7. The number of aromatic nitrogens is 2. The van der Waals surface area contributed by atoms with Crippen molar-refractivity contribution in [1.82, 2.24) is 30.0 Å². The second kappa shape index (κ2) is 18.0. The highest BCUT2D eigenvalue weighted by molar-refractivity contribution is 6.17. The van der Waals surface area contributed by atoms with Crippen LogP contribution in [0.4, 0.5) is 27.3 Å². The van der Waals surface area contributed by atoms with Gasteiger partial charge >= 0.3 is 0 Å². The number of pyridine rings is 2. The van der Waals surface area contributed by atoms with Crippen LogP contribution >= 0.6 is 0 Å². The van der Waals surface area contributed by atoms with E-state index >= 15 is 0 Å². The van der Waals surface area contributed by atoms with E-state index in [-0.39, 0.29) is 49.6 Å². The van der Waals surface area contributed by atoms with Gasteiger partial charge in [-0.3, -0.25) is 48.9 Å². The highest BCUT2D eigenvalue weighted by atomic mass is 19.1. The number of ether oxygens (including phenoxy) is 1. The molecule has 5 saturated heterocycles. The zero-order valence-corrected chi connectivity index (χ0v) is 37.8. The van der Waals surface area contributed by atoms with Crippen molar-refractivity contribution in [2.24, 2.45) is 11.3 Å². The van der Waals surface area contributed by atoms with Crippen molar-refractivity contribution in [3.05, 3.63) is 108 Å². The van der Waals surface area contributed by atoms with Gasteiger partial charge < -0.3 is 30.5 Å². The molecule has 3 atom stereocenters. The summed E-state index contributed by atoms with van der Waals surface area (Å²) in [6.45, 7) is 5.10. The second-order valence-corrected chi connectivity index (χ2v) is 19.2. The highest BCUT2D eigenvalue weighted by Crippen LogP contribution is 2.48. The number of carbonyl (C=O) groups excluding carboxylic acids is 6. The van der Waals surface area contributed by atoms with E-state index < -0.39 is 29.1 Å². The molecular weight excluding hydrogens is 884 g/mol. The van der Waals surface area contributed by atoms with E-state index in [0.29, 0.717) is 70.7 Å². The van der Waals surface area contributed by atoms with Crippen LogP contribution in [0.1, 0.15) is 60.9 Å². The molecule has 69 heavy (non-hydrogen) atoms. The molecule has 0 spiro atoms. The van der Waals surface area contributed by atoms with E-state index in [9.17, 15) is 33.2 Å². The number of hydrogen-bond donors (Lipinski definition) is 4. The molecule has 6 amide bonds. The van der Waals surface area contributed by atoms with Crippen molar-refractivity contribution in [2.75, 3.05) is 60.1 Å². The molecule has 7 aliphatic rings. The minimum Gasteiger partial charge on any atom is -0.457 e. The number of rotatable bonds is 13. The SMILES string of the molecule is O=C1CCC(N2Cc3cc(NC(=O)CN4CC5CC(C4)N5CC4CCN(c5ccc6c(Oc7ccc(NC(=O)C8(C(=O)Nc9ccc(F)cc9)CC8)cc7)ccnc6c5)CC4)ncc3C2=O)C(=O)N1. The third-order valence-corrected chi connectivity index (χ3v) is 14.7. The number of benzene rings is 3. The van der Waals surface area contributed by atoms with Gasteiger partial charge in [0.15, 0.2) is 0 Å². The van der Waals surface area contributed by atoms with Gasteiger partial charge in [-0.15, -0.1) is 0 Å². The number of imide groups is 1. The van der Waals surface area contributed by atoms with Crippen LogP contribution in [-0.4, -0.2) is 118 Å². The monoisotopic (exact) mass is 934 g/mol. The Morgan fingerprint density at radius 1 is 0.826 bits per heavy atom. The number of anilines is 4. The minimum absolute atomic E-state index is 0.158. The number of fused-ring (bicyclic) bond motifs is 4. The summed E-state index contributed by atoms with van der Waals surface area (Å²) in [6, 6.07) is 22.4. The van der Waals surface area contributed by atoms with E-state index in [1.165, 1.54) is 35.4 Å². The van der Waals surface area contributed by atoms with Crippen LogP contribution in [0, 0.1) is 17.2 Å². The second-order valence-electron chi connectivity index (χ2n) is 19.2. The van der Waals surface area contributed by atoms with Crippen LogP contribution in [-0.2, 0) is 30.5 Å². The standard InChI is InChI=1S/C51H51FN10O7/c52-32-1-3-33(4-2-32)55-49(67)51(16-17-51)50(68)56-34-5-8-38(9-6-34)69-43-13-18-53-41-23-35(7-10-39(41)43)60-19-14-30(15-20-60)25-61-36-22-37(61)28-59(27-36)29-46(64)57-44-21-31-26-62(48(66)40(31)24-54-44)42-11-12-45(63)58-47(42)65/h1-10,13,18,21,23-24,30,36-37,42H,11-12,14-17,19-20,22,25-29H2,(H,55,67)(H,56,68)(H,54,57,64)(H,58,63,65). The summed E-state index contributed by atoms with van der Waals surface area (Å²) >= 11 is 0. The predicted molar refractivity (Wildman–Crippen MR) is 253 cm³/mol. The van der Waals surface area contributed by atoms with E-state index in [1.807, 2.05) is 6.07 Å². The summed E-state index contributed by atoms with van der Waals surface area (Å²) in [5, 5.41) is 11.7.